The van der Waals surface area contributed by atoms with Gasteiger partial charge in [0.1, 0.15) is 5.82 Å². The Hall–Kier alpha value is -1.58. The number of hydrogen-bond acceptors (Lipinski definition) is 2. The van der Waals surface area contributed by atoms with Gasteiger partial charge in [0.15, 0.2) is 0 Å². The maximum Gasteiger partial charge on any atom is 0.221 e. The molecule has 4 heteroatoms. The molecule has 1 aromatic carbocycles. The molecule has 1 amide bonds. The Labute approximate surface area is 95.0 Å². The Bertz CT molecular complexity index is 353. The van der Waals surface area contributed by atoms with Gasteiger partial charge in [-0.25, -0.2) is 4.39 Å². The molecule has 16 heavy (non-hydrogen) atoms. The van der Waals surface area contributed by atoms with E-state index in [4.69, 9.17) is 0 Å². The molecular weight excluding hydrogens is 207 g/mol. The van der Waals surface area contributed by atoms with Crippen LogP contribution in [0.25, 0.3) is 0 Å². The fourth-order valence-electron chi connectivity index (χ4n) is 1.31. The number of anilines is 1. The van der Waals surface area contributed by atoms with Gasteiger partial charge in [-0.2, -0.15) is 0 Å². The van der Waals surface area contributed by atoms with E-state index in [1.54, 1.807) is 18.2 Å². The highest BCUT2D eigenvalue weighted by molar-refractivity contribution is 5.76. The van der Waals surface area contributed by atoms with Gasteiger partial charge in [-0.3, -0.25) is 4.79 Å². The van der Waals surface area contributed by atoms with Crippen molar-refractivity contribution in [1.82, 2.24) is 5.32 Å². The molecule has 0 radical (unpaired) electrons. The molecule has 0 aliphatic carbocycles. The summed E-state index contributed by atoms with van der Waals surface area (Å²) in [6.07, 6.45) is 0.340. The molecule has 0 saturated carbocycles. The fraction of sp³-hybridized carbons (Fsp3) is 0.417. The molecule has 0 heterocycles. The monoisotopic (exact) mass is 224 g/mol. The zero-order valence-corrected chi connectivity index (χ0v) is 9.59. The Morgan fingerprint density at radius 3 is 2.69 bits per heavy atom. The van der Waals surface area contributed by atoms with Crippen LogP contribution in [0.4, 0.5) is 10.1 Å². The lowest BCUT2D eigenvalue weighted by molar-refractivity contribution is -0.121. The molecule has 0 aromatic heterocycles. The van der Waals surface area contributed by atoms with Crippen LogP contribution in [0.15, 0.2) is 24.3 Å². The van der Waals surface area contributed by atoms with Crippen LogP contribution >= 0.6 is 0 Å². The van der Waals surface area contributed by atoms with Gasteiger partial charge < -0.3 is 10.6 Å². The summed E-state index contributed by atoms with van der Waals surface area (Å²) < 4.78 is 13.2. The molecule has 0 aliphatic rings. The van der Waals surface area contributed by atoms with Gasteiger partial charge in [0.05, 0.1) is 5.69 Å². The van der Waals surface area contributed by atoms with Gasteiger partial charge >= 0.3 is 0 Å². The Balaban J connectivity index is 2.31. The topological polar surface area (TPSA) is 41.1 Å². The predicted octanol–water partition coefficient (Wildman–Crippen LogP) is 2.15. The lowest BCUT2D eigenvalue weighted by Gasteiger charge is -2.09. The van der Waals surface area contributed by atoms with Crippen LogP contribution in [0.2, 0.25) is 0 Å². The van der Waals surface area contributed by atoms with Crippen molar-refractivity contribution in [2.24, 2.45) is 0 Å². The Morgan fingerprint density at radius 1 is 1.38 bits per heavy atom. The zero-order chi connectivity index (χ0) is 12.0. The molecule has 88 valence electrons. The van der Waals surface area contributed by atoms with E-state index in [0.29, 0.717) is 18.7 Å². The maximum atomic E-state index is 13.2. The lowest BCUT2D eigenvalue weighted by Crippen LogP contribution is -2.31. The summed E-state index contributed by atoms with van der Waals surface area (Å²) in [5.74, 6) is -0.328. The molecule has 0 saturated heterocycles. The summed E-state index contributed by atoms with van der Waals surface area (Å²) in [7, 11) is 0. The van der Waals surface area contributed by atoms with Gasteiger partial charge in [-0.1, -0.05) is 12.1 Å². The van der Waals surface area contributed by atoms with Crippen molar-refractivity contribution in [2.75, 3.05) is 11.9 Å². The number of nitrogens with one attached hydrogen (secondary N) is 2. The highest BCUT2D eigenvalue weighted by Gasteiger charge is 2.03. The number of rotatable bonds is 5. The molecule has 1 aromatic rings. The first-order valence-electron chi connectivity index (χ1n) is 5.37. The lowest BCUT2D eigenvalue weighted by atomic mass is 10.3. The van der Waals surface area contributed by atoms with E-state index in [1.807, 2.05) is 13.8 Å². The van der Waals surface area contributed by atoms with Crippen molar-refractivity contribution >= 4 is 11.6 Å². The van der Waals surface area contributed by atoms with Gasteiger partial charge in [-0.15, -0.1) is 0 Å². The third kappa shape index (κ3) is 4.29. The molecule has 0 bridgehead atoms. The fourth-order valence-corrected chi connectivity index (χ4v) is 1.31. The van der Waals surface area contributed by atoms with E-state index in [0.717, 1.165) is 0 Å². The van der Waals surface area contributed by atoms with E-state index in [2.05, 4.69) is 10.6 Å². The summed E-state index contributed by atoms with van der Waals surface area (Å²) in [5, 5.41) is 5.65. The maximum absolute atomic E-state index is 13.2. The third-order valence-electron chi connectivity index (χ3n) is 1.99. The molecule has 2 N–H and O–H groups in total. The quantitative estimate of drug-likeness (QED) is 0.804. The number of benzene rings is 1. The van der Waals surface area contributed by atoms with Crippen molar-refractivity contribution in [3.63, 3.8) is 0 Å². The minimum atomic E-state index is -0.299. The number of carbonyl (C=O) groups excluding carboxylic acids is 1. The first-order chi connectivity index (χ1) is 7.59. The minimum Gasteiger partial charge on any atom is -0.382 e. The third-order valence-corrected chi connectivity index (χ3v) is 1.99. The number of halogens is 1. The van der Waals surface area contributed by atoms with E-state index in [-0.39, 0.29) is 17.8 Å². The predicted molar refractivity (Wildman–Crippen MR) is 62.8 cm³/mol. The van der Waals surface area contributed by atoms with Gasteiger partial charge in [0.2, 0.25) is 5.91 Å². The highest BCUT2D eigenvalue weighted by atomic mass is 19.1. The summed E-state index contributed by atoms with van der Waals surface area (Å²) in [6.45, 7) is 4.24. The van der Waals surface area contributed by atoms with Crippen LogP contribution in [0, 0.1) is 5.82 Å². The first kappa shape index (κ1) is 12.5. The summed E-state index contributed by atoms with van der Waals surface area (Å²) >= 11 is 0. The second-order valence-electron chi connectivity index (χ2n) is 3.88. The van der Waals surface area contributed by atoms with E-state index >= 15 is 0 Å². The van der Waals surface area contributed by atoms with Crippen molar-refractivity contribution in [3.8, 4) is 0 Å². The van der Waals surface area contributed by atoms with Crippen LogP contribution in [0.5, 0.6) is 0 Å². The van der Waals surface area contributed by atoms with Gasteiger partial charge in [0.25, 0.3) is 0 Å². The van der Waals surface area contributed by atoms with E-state index in [1.165, 1.54) is 6.07 Å². The van der Waals surface area contributed by atoms with Crippen LogP contribution in [0.1, 0.15) is 20.3 Å². The van der Waals surface area contributed by atoms with Crippen LogP contribution in [-0.4, -0.2) is 18.5 Å². The minimum absolute atomic E-state index is 0.0289. The van der Waals surface area contributed by atoms with Crippen LogP contribution in [0.3, 0.4) is 0 Å². The van der Waals surface area contributed by atoms with Crippen molar-refractivity contribution in [3.05, 3.63) is 30.1 Å². The van der Waals surface area contributed by atoms with Gasteiger partial charge in [-0.05, 0) is 26.0 Å². The first-order valence-corrected chi connectivity index (χ1v) is 5.37. The molecule has 1 rings (SSSR count). The molecule has 0 aliphatic heterocycles. The van der Waals surface area contributed by atoms with Crippen LogP contribution in [-0.2, 0) is 4.79 Å². The SMILES string of the molecule is CC(C)NC(=O)CCNc1ccccc1F. The summed E-state index contributed by atoms with van der Waals surface area (Å²) in [6, 6.07) is 6.55. The smallest absolute Gasteiger partial charge is 0.221 e. The van der Waals surface area contributed by atoms with Crippen molar-refractivity contribution < 1.29 is 9.18 Å². The normalized spacial score (nSPS) is 10.2. The molecular formula is C12H17FN2O. The highest BCUT2D eigenvalue weighted by Crippen LogP contribution is 2.11. The standard InChI is InChI=1S/C12H17FN2O/c1-9(2)15-12(16)7-8-14-11-6-4-3-5-10(11)13/h3-6,9,14H,7-8H2,1-2H3,(H,15,16). The van der Waals surface area contributed by atoms with Crippen molar-refractivity contribution in [1.29, 1.82) is 0 Å². The van der Waals surface area contributed by atoms with E-state index in [9.17, 15) is 9.18 Å². The Kier molecular flexibility index (Phi) is 4.76. The zero-order valence-electron chi connectivity index (χ0n) is 9.59. The largest absolute Gasteiger partial charge is 0.382 e. The summed E-state index contributed by atoms with van der Waals surface area (Å²) in [4.78, 5) is 11.3. The summed E-state index contributed by atoms with van der Waals surface area (Å²) in [5.41, 5.74) is 0.430. The number of para-hydroxylation sites is 1. The molecule has 3 nitrogen and oxygen atoms in total. The molecule has 0 unspecified atom stereocenters. The van der Waals surface area contributed by atoms with Crippen molar-refractivity contribution in [2.45, 2.75) is 26.3 Å². The number of carbonyl (C=O) groups is 1. The molecule has 0 fully saturated rings. The molecule has 0 spiro atoms. The molecule has 0 atom stereocenters. The van der Waals surface area contributed by atoms with E-state index < -0.39 is 0 Å². The number of hydrogen-bond donors (Lipinski definition) is 2. The average Bonchev–Trinajstić information content (AvgIpc) is 2.19. The second-order valence-corrected chi connectivity index (χ2v) is 3.88. The van der Waals surface area contributed by atoms with Crippen LogP contribution < -0.4 is 10.6 Å². The second kappa shape index (κ2) is 6.10. The van der Waals surface area contributed by atoms with Gasteiger partial charge in [0, 0.05) is 19.0 Å². The number of amides is 1. The Morgan fingerprint density at radius 2 is 2.06 bits per heavy atom. The average molecular weight is 224 g/mol.